The molecule has 0 aliphatic carbocycles. The van der Waals surface area contributed by atoms with Gasteiger partial charge in [0.25, 0.3) is 0 Å². The maximum absolute atomic E-state index is 12.8. The Balaban J connectivity index is 1.53. The van der Waals surface area contributed by atoms with Gasteiger partial charge in [0, 0.05) is 33.2 Å². The molecule has 1 N–H and O–H groups in total. The van der Waals surface area contributed by atoms with E-state index in [9.17, 15) is 13.2 Å². The molecule has 1 saturated heterocycles. The van der Waals surface area contributed by atoms with Crippen molar-refractivity contribution in [2.24, 2.45) is 0 Å². The van der Waals surface area contributed by atoms with Gasteiger partial charge in [-0.3, -0.25) is 0 Å². The van der Waals surface area contributed by atoms with Crippen LogP contribution in [0.3, 0.4) is 0 Å². The second kappa shape index (κ2) is 10.0. The van der Waals surface area contributed by atoms with Crippen LogP contribution in [-0.2, 0) is 28.5 Å². The van der Waals surface area contributed by atoms with Gasteiger partial charge in [-0.1, -0.05) is 63.6 Å². The molecule has 3 rings (SSSR count). The van der Waals surface area contributed by atoms with Gasteiger partial charge in [-0.25, -0.2) is 13.2 Å². The smallest absolute Gasteiger partial charge is 0.317 e. The average molecular weight is 458 g/mol. The largest absolute Gasteiger partial charge is 0.334 e. The van der Waals surface area contributed by atoms with E-state index in [0.29, 0.717) is 31.1 Å². The summed E-state index contributed by atoms with van der Waals surface area (Å²) in [5.41, 5.74) is 3.30. The van der Waals surface area contributed by atoms with E-state index < -0.39 is 10.0 Å². The topological polar surface area (TPSA) is 69.7 Å². The maximum atomic E-state index is 12.8. The molecular weight excluding hydrogens is 422 g/mol. The Morgan fingerprint density at radius 1 is 0.938 bits per heavy atom. The zero-order valence-electron chi connectivity index (χ0n) is 19.6. The number of carbonyl (C=O) groups is 1. The highest BCUT2D eigenvalue weighted by molar-refractivity contribution is 7.89. The molecule has 1 heterocycles. The molecule has 0 saturated carbocycles. The Hall–Kier alpha value is -2.38. The summed E-state index contributed by atoms with van der Waals surface area (Å²) in [6.07, 6.45) is 2.91. The van der Waals surface area contributed by atoms with E-state index in [4.69, 9.17) is 0 Å². The standard InChI is InChI=1S/C25H35N3O3S/c1-25(2,3)22-12-8-21(9-13-22)19-27(4)24(29)26-18-20-10-14-23(15-11-20)32(30,31)28-16-6-5-7-17-28/h8-15H,5-7,16-19H2,1-4H3,(H,26,29). The third kappa shape index (κ3) is 6.11. The Morgan fingerprint density at radius 3 is 2.06 bits per heavy atom. The summed E-state index contributed by atoms with van der Waals surface area (Å²) >= 11 is 0. The second-order valence-corrected chi connectivity index (χ2v) is 11.5. The quantitative estimate of drug-likeness (QED) is 0.694. The van der Waals surface area contributed by atoms with Crippen LogP contribution in [0.4, 0.5) is 4.79 Å². The van der Waals surface area contributed by atoms with E-state index in [1.165, 1.54) is 5.56 Å². The van der Waals surface area contributed by atoms with Crippen LogP contribution >= 0.6 is 0 Å². The Labute approximate surface area is 192 Å². The number of nitrogens with zero attached hydrogens (tertiary/aromatic N) is 2. The average Bonchev–Trinajstić information content (AvgIpc) is 2.78. The summed E-state index contributed by atoms with van der Waals surface area (Å²) in [5, 5.41) is 2.90. The van der Waals surface area contributed by atoms with Crippen LogP contribution in [0.2, 0.25) is 0 Å². The minimum absolute atomic E-state index is 0.102. The number of rotatable bonds is 6. The fourth-order valence-electron chi connectivity index (χ4n) is 3.80. The summed E-state index contributed by atoms with van der Waals surface area (Å²) in [4.78, 5) is 14.4. The number of hydrogen-bond donors (Lipinski definition) is 1. The first-order valence-corrected chi connectivity index (χ1v) is 12.7. The number of urea groups is 1. The van der Waals surface area contributed by atoms with Gasteiger partial charge in [-0.2, -0.15) is 4.31 Å². The zero-order chi connectivity index (χ0) is 23.4. The van der Waals surface area contributed by atoms with E-state index >= 15 is 0 Å². The molecule has 6 nitrogen and oxygen atoms in total. The van der Waals surface area contributed by atoms with Crippen molar-refractivity contribution in [3.05, 3.63) is 65.2 Å². The van der Waals surface area contributed by atoms with Crippen molar-refractivity contribution in [2.75, 3.05) is 20.1 Å². The normalized spacial score (nSPS) is 15.4. The van der Waals surface area contributed by atoms with Crippen LogP contribution in [-0.4, -0.2) is 43.8 Å². The second-order valence-electron chi connectivity index (χ2n) is 9.57. The number of benzene rings is 2. The van der Waals surface area contributed by atoms with Crippen molar-refractivity contribution in [3.63, 3.8) is 0 Å². The highest BCUT2D eigenvalue weighted by atomic mass is 32.2. The third-order valence-electron chi connectivity index (χ3n) is 5.91. The van der Waals surface area contributed by atoms with Crippen LogP contribution < -0.4 is 5.32 Å². The zero-order valence-corrected chi connectivity index (χ0v) is 20.4. The van der Waals surface area contributed by atoms with Crippen molar-refractivity contribution in [1.29, 1.82) is 0 Å². The van der Waals surface area contributed by atoms with E-state index in [1.54, 1.807) is 40.5 Å². The molecule has 0 radical (unpaired) electrons. The molecule has 0 bridgehead atoms. The summed E-state index contributed by atoms with van der Waals surface area (Å²) in [6, 6.07) is 15.0. The van der Waals surface area contributed by atoms with Crippen molar-refractivity contribution >= 4 is 16.1 Å². The van der Waals surface area contributed by atoms with Gasteiger partial charge >= 0.3 is 6.03 Å². The summed E-state index contributed by atoms with van der Waals surface area (Å²) in [6.45, 7) is 8.57. The first-order chi connectivity index (χ1) is 15.1. The molecule has 2 aromatic carbocycles. The fraction of sp³-hybridized carbons (Fsp3) is 0.480. The molecular formula is C25H35N3O3S. The molecule has 0 spiro atoms. The third-order valence-corrected chi connectivity index (χ3v) is 7.82. The number of hydrogen-bond acceptors (Lipinski definition) is 3. The lowest BCUT2D eigenvalue weighted by atomic mass is 9.87. The van der Waals surface area contributed by atoms with E-state index in [0.717, 1.165) is 30.4 Å². The molecule has 1 aliphatic rings. The molecule has 7 heteroatoms. The van der Waals surface area contributed by atoms with Crippen LogP contribution in [0.5, 0.6) is 0 Å². The highest BCUT2D eigenvalue weighted by Crippen LogP contribution is 2.23. The summed E-state index contributed by atoms with van der Waals surface area (Å²) < 4.78 is 27.1. The van der Waals surface area contributed by atoms with Crippen LogP contribution in [0.1, 0.15) is 56.7 Å². The predicted octanol–water partition coefficient (Wildman–Crippen LogP) is 4.50. The van der Waals surface area contributed by atoms with Gasteiger partial charge in [-0.05, 0) is 47.1 Å². The predicted molar refractivity (Wildman–Crippen MR) is 128 cm³/mol. The first kappa shape index (κ1) is 24.3. The fourth-order valence-corrected chi connectivity index (χ4v) is 5.32. The lowest BCUT2D eigenvalue weighted by Crippen LogP contribution is -2.36. The molecule has 1 fully saturated rings. The maximum Gasteiger partial charge on any atom is 0.317 e. The van der Waals surface area contributed by atoms with Crippen LogP contribution in [0.25, 0.3) is 0 Å². The van der Waals surface area contributed by atoms with Gasteiger partial charge in [0.1, 0.15) is 0 Å². The van der Waals surface area contributed by atoms with Gasteiger partial charge in [0.15, 0.2) is 0 Å². The number of piperidine rings is 1. The first-order valence-electron chi connectivity index (χ1n) is 11.2. The molecule has 2 amide bonds. The van der Waals surface area contributed by atoms with Crippen molar-refractivity contribution in [1.82, 2.24) is 14.5 Å². The lowest BCUT2D eigenvalue weighted by Gasteiger charge is -2.25. The SMILES string of the molecule is CN(Cc1ccc(C(C)(C)C)cc1)C(=O)NCc1ccc(S(=O)(=O)N2CCCCC2)cc1. The van der Waals surface area contributed by atoms with Gasteiger partial charge < -0.3 is 10.2 Å². The molecule has 0 aromatic heterocycles. The Kier molecular flexibility index (Phi) is 7.62. The van der Waals surface area contributed by atoms with Gasteiger partial charge in [0.05, 0.1) is 4.90 Å². The van der Waals surface area contributed by atoms with Crippen LogP contribution in [0, 0.1) is 0 Å². The Bertz CT molecular complexity index is 1000. The number of amides is 2. The number of carbonyl (C=O) groups excluding carboxylic acids is 1. The molecule has 0 unspecified atom stereocenters. The van der Waals surface area contributed by atoms with Crippen molar-refractivity contribution in [3.8, 4) is 0 Å². The van der Waals surface area contributed by atoms with Crippen molar-refractivity contribution in [2.45, 2.75) is 63.4 Å². The highest BCUT2D eigenvalue weighted by Gasteiger charge is 2.25. The lowest BCUT2D eigenvalue weighted by molar-refractivity contribution is 0.206. The Morgan fingerprint density at radius 2 is 1.50 bits per heavy atom. The summed E-state index contributed by atoms with van der Waals surface area (Å²) in [5.74, 6) is 0. The molecule has 1 aliphatic heterocycles. The number of nitrogens with one attached hydrogen (secondary N) is 1. The molecule has 2 aromatic rings. The monoisotopic (exact) mass is 457 g/mol. The summed E-state index contributed by atoms with van der Waals surface area (Å²) in [7, 11) is -1.67. The van der Waals surface area contributed by atoms with Crippen molar-refractivity contribution < 1.29 is 13.2 Å². The van der Waals surface area contributed by atoms with Crippen LogP contribution in [0.15, 0.2) is 53.4 Å². The molecule has 32 heavy (non-hydrogen) atoms. The van der Waals surface area contributed by atoms with E-state index in [1.807, 2.05) is 0 Å². The van der Waals surface area contributed by atoms with E-state index in [2.05, 4.69) is 50.4 Å². The minimum Gasteiger partial charge on any atom is -0.334 e. The molecule has 0 atom stereocenters. The number of sulfonamides is 1. The van der Waals surface area contributed by atoms with Gasteiger partial charge in [-0.15, -0.1) is 0 Å². The minimum atomic E-state index is -3.43. The van der Waals surface area contributed by atoms with E-state index in [-0.39, 0.29) is 11.4 Å². The molecule has 174 valence electrons. The van der Waals surface area contributed by atoms with Gasteiger partial charge in [0.2, 0.25) is 10.0 Å².